The van der Waals surface area contributed by atoms with Gasteiger partial charge in [-0.05, 0) is 37.1 Å². The molecule has 114 valence electrons. The molecule has 1 aliphatic carbocycles. The monoisotopic (exact) mass is 271 g/mol. The molecule has 0 aliphatic heterocycles. The quantitative estimate of drug-likeness (QED) is 0.653. The molecule has 0 bridgehead atoms. The van der Waals surface area contributed by atoms with Crippen molar-refractivity contribution < 1.29 is 9.47 Å². The van der Waals surface area contributed by atoms with Crippen LogP contribution in [0, 0.1) is 11.3 Å². The van der Waals surface area contributed by atoms with E-state index in [1.807, 2.05) is 0 Å². The molecular weight excluding hydrogens is 238 g/mol. The molecule has 0 heterocycles. The zero-order valence-electron chi connectivity index (χ0n) is 13.5. The second-order valence-corrected chi connectivity index (χ2v) is 6.84. The number of hydrogen-bond donors (Lipinski definition) is 1. The number of ether oxygens (including phenoxy) is 2. The Bertz CT molecular complexity index is 241. The van der Waals surface area contributed by atoms with Gasteiger partial charge in [0.05, 0.1) is 19.3 Å². The number of hydrogen-bond acceptors (Lipinski definition) is 3. The van der Waals surface area contributed by atoms with Gasteiger partial charge >= 0.3 is 0 Å². The van der Waals surface area contributed by atoms with Crippen molar-refractivity contribution in [3.05, 3.63) is 0 Å². The Labute approximate surface area is 119 Å². The topological polar surface area (TPSA) is 30.5 Å². The van der Waals surface area contributed by atoms with Crippen molar-refractivity contribution in [2.75, 3.05) is 26.4 Å². The lowest BCUT2D eigenvalue weighted by atomic mass is 9.87. The van der Waals surface area contributed by atoms with Gasteiger partial charge < -0.3 is 14.8 Å². The Kier molecular flexibility index (Phi) is 7.33. The molecule has 0 radical (unpaired) electrons. The maximum Gasteiger partial charge on any atom is 0.0734 e. The maximum atomic E-state index is 6.04. The van der Waals surface area contributed by atoms with E-state index in [9.17, 15) is 0 Å². The molecular formula is C16H33NO2. The highest BCUT2D eigenvalue weighted by atomic mass is 16.5. The van der Waals surface area contributed by atoms with E-state index < -0.39 is 0 Å². The van der Waals surface area contributed by atoms with Crippen LogP contribution in [0.4, 0.5) is 0 Å². The van der Waals surface area contributed by atoms with Gasteiger partial charge in [0.25, 0.3) is 0 Å². The molecule has 1 N–H and O–H groups in total. The van der Waals surface area contributed by atoms with Crippen LogP contribution >= 0.6 is 0 Å². The van der Waals surface area contributed by atoms with Crippen molar-refractivity contribution in [3.8, 4) is 0 Å². The van der Waals surface area contributed by atoms with Crippen LogP contribution in [0.3, 0.4) is 0 Å². The first kappa shape index (κ1) is 16.9. The molecule has 1 aliphatic rings. The van der Waals surface area contributed by atoms with Crippen LogP contribution in [-0.2, 0) is 9.47 Å². The summed E-state index contributed by atoms with van der Waals surface area (Å²) in [7, 11) is 0. The summed E-state index contributed by atoms with van der Waals surface area (Å²) in [6.45, 7) is 14.6. The largest absolute Gasteiger partial charge is 0.379 e. The van der Waals surface area contributed by atoms with Crippen LogP contribution in [0.1, 0.15) is 53.9 Å². The summed E-state index contributed by atoms with van der Waals surface area (Å²) >= 11 is 0. The molecule has 0 amide bonds. The summed E-state index contributed by atoms with van der Waals surface area (Å²) < 4.78 is 11.6. The van der Waals surface area contributed by atoms with E-state index in [2.05, 4.69) is 39.9 Å². The van der Waals surface area contributed by atoms with Gasteiger partial charge in [0.15, 0.2) is 0 Å². The third-order valence-electron chi connectivity index (χ3n) is 3.91. The van der Waals surface area contributed by atoms with Crippen LogP contribution < -0.4 is 5.32 Å². The van der Waals surface area contributed by atoms with E-state index >= 15 is 0 Å². The SMILES string of the molecule is CCCNC1C(OCCOCC(C)C)CCC1(C)C. The highest BCUT2D eigenvalue weighted by molar-refractivity contribution is 4.97. The van der Waals surface area contributed by atoms with Gasteiger partial charge in [-0.3, -0.25) is 0 Å². The molecule has 0 aromatic carbocycles. The summed E-state index contributed by atoms with van der Waals surface area (Å²) in [5.41, 5.74) is 0.346. The molecule has 19 heavy (non-hydrogen) atoms. The third-order valence-corrected chi connectivity index (χ3v) is 3.91. The van der Waals surface area contributed by atoms with Gasteiger partial charge in [-0.15, -0.1) is 0 Å². The normalized spacial score (nSPS) is 26.2. The Morgan fingerprint density at radius 1 is 1.26 bits per heavy atom. The van der Waals surface area contributed by atoms with Crippen molar-refractivity contribution in [3.63, 3.8) is 0 Å². The number of nitrogens with one attached hydrogen (secondary N) is 1. The number of rotatable bonds is 9. The molecule has 1 saturated carbocycles. The first-order chi connectivity index (χ1) is 8.97. The van der Waals surface area contributed by atoms with Crippen LogP contribution in [0.25, 0.3) is 0 Å². The minimum absolute atomic E-state index is 0.346. The Balaban J connectivity index is 2.27. The third kappa shape index (κ3) is 5.80. The fourth-order valence-electron chi connectivity index (χ4n) is 2.80. The zero-order chi connectivity index (χ0) is 14.3. The average Bonchev–Trinajstić information content (AvgIpc) is 2.61. The van der Waals surface area contributed by atoms with E-state index in [4.69, 9.17) is 9.47 Å². The van der Waals surface area contributed by atoms with Crippen LogP contribution in [0.2, 0.25) is 0 Å². The lowest BCUT2D eigenvalue weighted by Gasteiger charge is -2.31. The molecule has 2 atom stereocenters. The van der Waals surface area contributed by atoms with Crippen molar-refractivity contribution >= 4 is 0 Å². The predicted molar refractivity (Wildman–Crippen MR) is 80.5 cm³/mol. The smallest absolute Gasteiger partial charge is 0.0734 e. The first-order valence-corrected chi connectivity index (χ1v) is 7.90. The standard InChI is InChI=1S/C16H33NO2/c1-6-9-17-15-14(7-8-16(15,4)5)19-11-10-18-12-13(2)3/h13-15,17H,6-12H2,1-5H3. The Morgan fingerprint density at radius 3 is 2.63 bits per heavy atom. The van der Waals surface area contributed by atoms with Gasteiger partial charge in [-0.25, -0.2) is 0 Å². The van der Waals surface area contributed by atoms with Crippen molar-refractivity contribution in [2.24, 2.45) is 11.3 Å². The average molecular weight is 271 g/mol. The summed E-state index contributed by atoms with van der Waals surface area (Å²) in [4.78, 5) is 0. The van der Waals surface area contributed by atoms with Crippen molar-refractivity contribution in [1.82, 2.24) is 5.32 Å². The molecule has 0 aromatic heterocycles. The van der Waals surface area contributed by atoms with E-state index in [1.165, 1.54) is 19.3 Å². The van der Waals surface area contributed by atoms with Crippen molar-refractivity contribution in [1.29, 1.82) is 0 Å². The van der Waals surface area contributed by atoms with E-state index in [1.54, 1.807) is 0 Å². The fraction of sp³-hybridized carbons (Fsp3) is 1.00. The lowest BCUT2D eigenvalue weighted by molar-refractivity contribution is -0.0145. The van der Waals surface area contributed by atoms with Crippen molar-refractivity contribution in [2.45, 2.75) is 66.0 Å². The Morgan fingerprint density at radius 2 is 2.00 bits per heavy atom. The lowest BCUT2D eigenvalue weighted by Crippen LogP contribution is -2.46. The van der Waals surface area contributed by atoms with E-state index in [0.717, 1.165) is 26.4 Å². The summed E-state index contributed by atoms with van der Waals surface area (Å²) in [5, 5.41) is 3.66. The zero-order valence-corrected chi connectivity index (χ0v) is 13.5. The Hall–Kier alpha value is -0.120. The van der Waals surface area contributed by atoms with Gasteiger partial charge in [0.1, 0.15) is 0 Å². The second-order valence-electron chi connectivity index (χ2n) is 6.84. The van der Waals surface area contributed by atoms with Crippen LogP contribution in [0.5, 0.6) is 0 Å². The molecule has 0 aromatic rings. The molecule has 0 saturated heterocycles. The van der Waals surface area contributed by atoms with Gasteiger partial charge in [0.2, 0.25) is 0 Å². The second kappa shape index (κ2) is 8.23. The first-order valence-electron chi connectivity index (χ1n) is 7.90. The molecule has 0 spiro atoms. The van der Waals surface area contributed by atoms with Gasteiger partial charge in [0, 0.05) is 12.6 Å². The van der Waals surface area contributed by atoms with Crippen LogP contribution in [-0.4, -0.2) is 38.5 Å². The van der Waals surface area contributed by atoms with Crippen LogP contribution in [0.15, 0.2) is 0 Å². The molecule has 1 fully saturated rings. The molecule has 3 heteroatoms. The van der Waals surface area contributed by atoms with E-state index in [-0.39, 0.29) is 0 Å². The minimum Gasteiger partial charge on any atom is -0.379 e. The molecule has 3 nitrogen and oxygen atoms in total. The fourth-order valence-corrected chi connectivity index (χ4v) is 2.80. The summed E-state index contributed by atoms with van der Waals surface area (Å²) in [5.74, 6) is 0.601. The molecule has 2 unspecified atom stereocenters. The maximum absolute atomic E-state index is 6.04. The summed E-state index contributed by atoms with van der Waals surface area (Å²) in [6, 6.07) is 0.484. The van der Waals surface area contributed by atoms with Gasteiger partial charge in [-0.1, -0.05) is 34.6 Å². The highest BCUT2D eigenvalue weighted by Gasteiger charge is 2.41. The molecule has 1 rings (SSSR count). The minimum atomic E-state index is 0.346. The summed E-state index contributed by atoms with van der Waals surface area (Å²) in [6.07, 6.45) is 3.94. The van der Waals surface area contributed by atoms with E-state index in [0.29, 0.717) is 23.5 Å². The highest BCUT2D eigenvalue weighted by Crippen LogP contribution is 2.38. The predicted octanol–water partition coefficient (Wildman–Crippen LogP) is 3.23. The van der Waals surface area contributed by atoms with Gasteiger partial charge in [-0.2, -0.15) is 0 Å².